The first-order valence-corrected chi connectivity index (χ1v) is 10.8. The molecule has 0 radical (unpaired) electrons. The minimum Gasteiger partial charge on any atom is -0.497 e. The maximum absolute atomic E-state index is 12.7. The second kappa shape index (κ2) is 10.2. The minimum atomic E-state index is 0.0310. The monoisotopic (exact) mass is 406 g/mol. The third-order valence-corrected chi connectivity index (χ3v) is 5.53. The first-order valence-electron chi connectivity index (χ1n) is 10.8. The van der Waals surface area contributed by atoms with E-state index in [-0.39, 0.29) is 11.6 Å². The lowest BCUT2D eigenvalue weighted by Crippen LogP contribution is -2.03. The molecule has 4 nitrogen and oxygen atoms in total. The van der Waals surface area contributed by atoms with Crippen molar-refractivity contribution in [2.24, 2.45) is 0 Å². The smallest absolute Gasteiger partial charge is 0.198 e. The molecule has 1 heterocycles. The van der Waals surface area contributed by atoms with E-state index >= 15 is 0 Å². The summed E-state index contributed by atoms with van der Waals surface area (Å²) in [5.41, 5.74) is 3.53. The fourth-order valence-corrected chi connectivity index (χ4v) is 3.68. The van der Waals surface area contributed by atoms with Gasteiger partial charge in [0.2, 0.25) is 0 Å². The molecule has 158 valence electrons. The Hall–Kier alpha value is -2.88. The van der Waals surface area contributed by atoms with Crippen LogP contribution in [0.1, 0.15) is 78.0 Å². The van der Waals surface area contributed by atoms with Crippen molar-refractivity contribution in [1.29, 1.82) is 0 Å². The SMILES string of the molecule is CCCCC(=O)c1oc2cc(OC)ccc2c1CCCC(=O)c1ccc(CC)cc1. The van der Waals surface area contributed by atoms with Gasteiger partial charge in [-0.05, 0) is 43.4 Å². The molecule has 0 spiro atoms. The summed E-state index contributed by atoms with van der Waals surface area (Å²) in [5.74, 6) is 1.29. The van der Waals surface area contributed by atoms with E-state index in [1.807, 2.05) is 42.5 Å². The minimum absolute atomic E-state index is 0.0310. The maximum atomic E-state index is 12.7. The molecule has 0 amide bonds. The molecule has 0 saturated heterocycles. The topological polar surface area (TPSA) is 56.5 Å². The van der Waals surface area contributed by atoms with E-state index in [2.05, 4.69) is 13.8 Å². The quantitative estimate of drug-likeness (QED) is 0.337. The van der Waals surface area contributed by atoms with E-state index in [4.69, 9.17) is 9.15 Å². The number of Topliss-reactive ketones (excluding diaryl/α,β-unsaturated/α-hetero) is 2. The van der Waals surface area contributed by atoms with Crippen LogP contribution < -0.4 is 4.74 Å². The second-order valence-corrected chi connectivity index (χ2v) is 7.63. The van der Waals surface area contributed by atoms with Crippen molar-refractivity contribution in [3.05, 3.63) is 64.9 Å². The van der Waals surface area contributed by atoms with Gasteiger partial charge in [0.1, 0.15) is 11.3 Å². The lowest BCUT2D eigenvalue weighted by atomic mass is 9.98. The normalized spacial score (nSPS) is 11.0. The first kappa shape index (κ1) is 21.8. The molecule has 0 aliphatic heterocycles. The molecule has 0 N–H and O–H groups in total. The summed E-state index contributed by atoms with van der Waals surface area (Å²) in [7, 11) is 1.61. The van der Waals surface area contributed by atoms with E-state index < -0.39 is 0 Å². The van der Waals surface area contributed by atoms with Crippen molar-refractivity contribution in [2.45, 2.75) is 58.8 Å². The van der Waals surface area contributed by atoms with Crippen molar-refractivity contribution in [1.82, 2.24) is 0 Å². The summed E-state index contributed by atoms with van der Waals surface area (Å²) >= 11 is 0. The number of hydrogen-bond donors (Lipinski definition) is 0. The Bertz CT molecular complexity index is 1010. The largest absolute Gasteiger partial charge is 0.497 e. The Morgan fingerprint density at radius 2 is 1.67 bits per heavy atom. The Balaban J connectivity index is 1.77. The molecular formula is C26H30O4. The zero-order valence-corrected chi connectivity index (χ0v) is 18.1. The van der Waals surface area contributed by atoms with Crippen LogP contribution in [0.5, 0.6) is 5.75 Å². The first-order chi connectivity index (χ1) is 14.6. The van der Waals surface area contributed by atoms with Gasteiger partial charge < -0.3 is 9.15 Å². The highest BCUT2D eigenvalue weighted by Crippen LogP contribution is 2.31. The van der Waals surface area contributed by atoms with Crippen LogP contribution >= 0.6 is 0 Å². The molecule has 30 heavy (non-hydrogen) atoms. The molecule has 1 aromatic heterocycles. The summed E-state index contributed by atoms with van der Waals surface area (Å²) < 4.78 is 11.2. The van der Waals surface area contributed by atoms with E-state index in [0.29, 0.717) is 42.8 Å². The highest BCUT2D eigenvalue weighted by molar-refractivity contribution is 6.00. The van der Waals surface area contributed by atoms with Gasteiger partial charge in [-0.3, -0.25) is 9.59 Å². The van der Waals surface area contributed by atoms with Crippen LogP contribution in [-0.2, 0) is 12.8 Å². The van der Waals surface area contributed by atoms with Crippen molar-refractivity contribution in [2.75, 3.05) is 7.11 Å². The number of ketones is 2. The van der Waals surface area contributed by atoms with Gasteiger partial charge in [0, 0.05) is 35.4 Å². The van der Waals surface area contributed by atoms with Gasteiger partial charge in [-0.1, -0.05) is 44.5 Å². The van der Waals surface area contributed by atoms with Crippen LogP contribution in [0.15, 0.2) is 46.9 Å². The van der Waals surface area contributed by atoms with E-state index in [1.54, 1.807) is 7.11 Å². The summed E-state index contributed by atoms with van der Waals surface area (Å²) in [5, 5.41) is 0.926. The number of aryl methyl sites for hydroxylation is 2. The zero-order valence-electron chi connectivity index (χ0n) is 18.1. The average molecular weight is 407 g/mol. The summed E-state index contributed by atoms with van der Waals surface area (Å²) in [6.45, 7) is 4.16. The van der Waals surface area contributed by atoms with Gasteiger partial charge in [0.15, 0.2) is 17.3 Å². The molecule has 0 atom stereocenters. The van der Waals surface area contributed by atoms with Crippen molar-refractivity contribution in [3.63, 3.8) is 0 Å². The van der Waals surface area contributed by atoms with Gasteiger partial charge in [-0.15, -0.1) is 0 Å². The van der Waals surface area contributed by atoms with Crippen LogP contribution in [-0.4, -0.2) is 18.7 Å². The number of benzene rings is 2. The average Bonchev–Trinajstić information content (AvgIpc) is 3.15. The number of rotatable bonds is 11. The van der Waals surface area contributed by atoms with E-state index in [9.17, 15) is 9.59 Å². The molecule has 0 aliphatic carbocycles. The molecule has 3 rings (SSSR count). The van der Waals surface area contributed by atoms with Gasteiger partial charge in [0.25, 0.3) is 0 Å². The number of fused-ring (bicyclic) bond motifs is 1. The van der Waals surface area contributed by atoms with Crippen molar-refractivity contribution < 1.29 is 18.7 Å². The van der Waals surface area contributed by atoms with Crippen molar-refractivity contribution >= 4 is 22.5 Å². The van der Waals surface area contributed by atoms with Crippen molar-refractivity contribution in [3.8, 4) is 5.75 Å². The molecule has 2 aromatic carbocycles. The summed E-state index contributed by atoms with van der Waals surface area (Å²) in [6.07, 6.45) is 4.97. The number of methoxy groups -OCH3 is 1. The number of ether oxygens (including phenoxy) is 1. The molecule has 0 aliphatic rings. The predicted octanol–water partition coefficient (Wildman–Crippen LogP) is 6.58. The summed E-state index contributed by atoms with van der Waals surface area (Å²) in [6, 6.07) is 13.5. The number of hydrogen-bond acceptors (Lipinski definition) is 4. The van der Waals surface area contributed by atoms with Crippen LogP contribution in [0.3, 0.4) is 0 Å². The third-order valence-electron chi connectivity index (χ3n) is 5.53. The molecular weight excluding hydrogens is 376 g/mol. The Morgan fingerprint density at radius 1 is 0.933 bits per heavy atom. The fraction of sp³-hybridized carbons (Fsp3) is 0.385. The van der Waals surface area contributed by atoms with Crippen LogP contribution in [0, 0.1) is 0 Å². The lowest BCUT2D eigenvalue weighted by Gasteiger charge is -2.05. The molecule has 0 unspecified atom stereocenters. The highest BCUT2D eigenvalue weighted by atomic mass is 16.5. The van der Waals surface area contributed by atoms with Crippen LogP contribution in [0.4, 0.5) is 0 Å². The molecule has 4 heteroatoms. The molecule has 0 saturated carbocycles. The van der Waals surface area contributed by atoms with Crippen LogP contribution in [0.2, 0.25) is 0 Å². The third kappa shape index (κ3) is 4.99. The molecule has 0 bridgehead atoms. The number of carbonyl (C=O) groups is 2. The highest BCUT2D eigenvalue weighted by Gasteiger charge is 2.20. The maximum Gasteiger partial charge on any atom is 0.198 e. The summed E-state index contributed by atoms with van der Waals surface area (Å²) in [4.78, 5) is 25.3. The fourth-order valence-electron chi connectivity index (χ4n) is 3.68. The Labute approximate surface area is 178 Å². The second-order valence-electron chi connectivity index (χ2n) is 7.63. The number of unbranched alkanes of at least 4 members (excludes halogenated alkanes) is 1. The zero-order chi connectivity index (χ0) is 21.5. The van der Waals surface area contributed by atoms with Gasteiger partial charge in [-0.2, -0.15) is 0 Å². The van der Waals surface area contributed by atoms with Gasteiger partial charge >= 0.3 is 0 Å². The molecule has 3 aromatic rings. The van der Waals surface area contributed by atoms with E-state index in [0.717, 1.165) is 35.8 Å². The molecule has 0 fully saturated rings. The van der Waals surface area contributed by atoms with Gasteiger partial charge in [-0.25, -0.2) is 0 Å². The number of furan rings is 1. The van der Waals surface area contributed by atoms with E-state index in [1.165, 1.54) is 5.56 Å². The number of carbonyl (C=O) groups excluding carboxylic acids is 2. The standard InChI is InChI=1S/C26H30O4/c1-4-6-9-24(28)26-22(21-16-15-20(29-3)17-25(21)30-26)8-7-10-23(27)19-13-11-18(5-2)12-14-19/h11-17H,4-10H2,1-3H3. The Morgan fingerprint density at radius 3 is 2.33 bits per heavy atom. The predicted molar refractivity (Wildman–Crippen MR) is 120 cm³/mol. The Kier molecular flexibility index (Phi) is 7.45. The lowest BCUT2D eigenvalue weighted by molar-refractivity contribution is 0.0953. The van der Waals surface area contributed by atoms with Crippen LogP contribution in [0.25, 0.3) is 11.0 Å². The van der Waals surface area contributed by atoms with Gasteiger partial charge in [0.05, 0.1) is 7.11 Å².